The van der Waals surface area contributed by atoms with Crippen molar-refractivity contribution in [2.45, 2.75) is 19.4 Å². The van der Waals surface area contributed by atoms with Crippen LogP contribution in [-0.4, -0.2) is 63.7 Å². The number of carbonyl (C=O) groups excluding carboxylic acids is 2. The molecule has 1 aliphatic heterocycles. The highest BCUT2D eigenvalue weighted by Gasteiger charge is 2.32. The number of carboxylic acids is 1. The van der Waals surface area contributed by atoms with Gasteiger partial charge in [-0.25, -0.2) is 0 Å². The number of aromatic nitrogens is 2. The number of aliphatic carboxylic acids is 1. The average molecular weight is 297 g/mol. The van der Waals surface area contributed by atoms with E-state index in [2.05, 4.69) is 20.8 Å². The minimum atomic E-state index is -1.10. The Bertz CT molecular complexity index is 557. The molecule has 1 unspecified atom stereocenters. The molecule has 114 valence electrons. The first-order valence-electron chi connectivity index (χ1n) is 6.29. The SMILES string of the molecule is Cc1nnc(NC(=O)CN2CCNC(=O)C2CC(=O)O)o1. The predicted molar refractivity (Wildman–Crippen MR) is 68.3 cm³/mol. The number of nitrogens with zero attached hydrogens (tertiary/aromatic N) is 3. The standard InChI is InChI=1S/C11H15N5O5/c1-6-14-15-11(21-6)13-8(17)5-16-3-2-12-10(20)7(16)4-9(18)19/h7H,2-5H2,1H3,(H,12,20)(H,18,19)(H,13,15,17). The molecule has 0 radical (unpaired) electrons. The molecule has 0 aliphatic carbocycles. The minimum Gasteiger partial charge on any atom is -0.481 e. The van der Waals surface area contributed by atoms with E-state index in [-0.39, 0.29) is 19.0 Å². The monoisotopic (exact) mass is 297 g/mol. The maximum absolute atomic E-state index is 11.9. The van der Waals surface area contributed by atoms with Crippen molar-refractivity contribution in [3.8, 4) is 0 Å². The smallest absolute Gasteiger partial charge is 0.322 e. The number of carboxylic acid groups (broad SMARTS) is 1. The third-order valence-electron chi connectivity index (χ3n) is 2.93. The van der Waals surface area contributed by atoms with E-state index in [1.54, 1.807) is 6.92 Å². The van der Waals surface area contributed by atoms with Crippen LogP contribution in [0.2, 0.25) is 0 Å². The van der Waals surface area contributed by atoms with Gasteiger partial charge in [0.15, 0.2) is 0 Å². The number of amides is 2. The maximum Gasteiger partial charge on any atom is 0.322 e. The molecule has 0 bridgehead atoms. The van der Waals surface area contributed by atoms with Crippen LogP contribution in [0.4, 0.5) is 6.01 Å². The highest BCUT2D eigenvalue weighted by atomic mass is 16.4. The van der Waals surface area contributed by atoms with E-state index in [1.807, 2.05) is 0 Å². The average Bonchev–Trinajstić information content (AvgIpc) is 2.78. The Balaban J connectivity index is 1.96. The van der Waals surface area contributed by atoms with Gasteiger partial charge >= 0.3 is 12.0 Å². The molecule has 1 aromatic heterocycles. The molecule has 2 rings (SSSR count). The highest BCUT2D eigenvalue weighted by Crippen LogP contribution is 2.10. The fraction of sp³-hybridized carbons (Fsp3) is 0.545. The number of anilines is 1. The van der Waals surface area contributed by atoms with E-state index in [4.69, 9.17) is 9.52 Å². The Morgan fingerprint density at radius 2 is 2.29 bits per heavy atom. The van der Waals surface area contributed by atoms with Crippen molar-refractivity contribution in [1.29, 1.82) is 0 Å². The number of hydrogen-bond donors (Lipinski definition) is 3. The van der Waals surface area contributed by atoms with Crippen molar-refractivity contribution in [2.75, 3.05) is 25.0 Å². The Kier molecular flexibility index (Phi) is 4.48. The van der Waals surface area contributed by atoms with Gasteiger partial charge in [-0.3, -0.25) is 24.6 Å². The number of nitrogens with one attached hydrogen (secondary N) is 2. The lowest BCUT2D eigenvalue weighted by Gasteiger charge is -2.33. The molecule has 10 nitrogen and oxygen atoms in total. The summed E-state index contributed by atoms with van der Waals surface area (Å²) >= 11 is 0. The summed E-state index contributed by atoms with van der Waals surface area (Å²) in [7, 11) is 0. The van der Waals surface area contributed by atoms with Crippen LogP contribution < -0.4 is 10.6 Å². The summed E-state index contributed by atoms with van der Waals surface area (Å²) in [6.45, 7) is 2.20. The summed E-state index contributed by atoms with van der Waals surface area (Å²) in [5.41, 5.74) is 0. The summed E-state index contributed by atoms with van der Waals surface area (Å²) in [6.07, 6.45) is -0.362. The summed E-state index contributed by atoms with van der Waals surface area (Å²) < 4.78 is 5.01. The molecule has 0 saturated carbocycles. The van der Waals surface area contributed by atoms with Crippen molar-refractivity contribution in [3.05, 3.63) is 5.89 Å². The molecule has 0 aromatic carbocycles. The van der Waals surface area contributed by atoms with Crippen LogP contribution in [0.25, 0.3) is 0 Å². The van der Waals surface area contributed by atoms with Gasteiger partial charge in [-0.05, 0) is 0 Å². The zero-order valence-electron chi connectivity index (χ0n) is 11.3. The zero-order chi connectivity index (χ0) is 15.4. The molecule has 21 heavy (non-hydrogen) atoms. The van der Waals surface area contributed by atoms with E-state index in [1.165, 1.54) is 4.90 Å². The van der Waals surface area contributed by atoms with Crippen LogP contribution >= 0.6 is 0 Å². The topological polar surface area (TPSA) is 138 Å². The number of rotatable bonds is 5. The van der Waals surface area contributed by atoms with Crippen molar-refractivity contribution < 1.29 is 23.9 Å². The van der Waals surface area contributed by atoms with E-state index in [0.717, 1.165) is 0 Å². The molecule has 10 heteroatoms. The molecule has 1 aromatic rings. The van der Waals surface area contributed by atoms with Crippen LogP contribution in [-0.2, 0) is 14.4 Å². The number of aryl methyl sites for hydroxylation is 1. The lowest BCUT2D eigenvalue weighted by molar-refractivity contribution is -0.143. The number of piperazine rings is 1. The largest absolute Gasteiger partial charge is 0.481 e. The van der Waals surface area contributed by atoms with Gasteiger partial charge < -0.3 is 14.8 Å². The van der Waals surface area contributed by atoms with Crippen molar-refractivity contribution in [3.63, 3.8) is 0 Å². The van der Waals surface area contributed by atoms with E-state index < -0.39 is 23.8 Å². The van der Waals surface area contributed by atoms with Gasteiger partial charge in [-0.1, -0.05) is 5.10 Å². The third-order valence-corrected chi connectivity index (χ3v) is 2.93. The maximum atomic E-state index is 11.9. The lowest BCUT2D eigenvalue weighted by atomic mass is 10.1. The van der Waals surface area contributed by atoms with E-state index >= 15 is 0 Å². The summed E-state index contributed by atoms with van der Waals surface area (Å²) in [5, 5.41) is 21.0. The van der Waals surface area contributed by atoms with Gasteiger partial charge in [0.2, 0.25) is 17.7 Å². The molecule has 2 heterocycles. The molecular weight excluding hydrogens is 282 g/mol. The van der Waals surface area contributed by atoms with Gasteiger partial charge in [0.1, 0.15) is 6.04 Å². The molecule has 1 atom stereocenters. The van der Waals surface area contributed by atoms with Gasteiger partial charge in [0.25, 0.3) is 0 Å². The normalized spacial score (nSPS) is 19.1. The quantitative estimate of drug-likeness (QED) is 0.602. The second-order valence-electron chi connectivity index (χ2n) is 4.55. The lowest BCUT2D eigenvalue weighted by Crippen LogP contribution is -2.57. The van der Waals surface area contributed by atoms with Gasteiger partial charge in [-0.15, -0.1) is 5.10 Å². The van der Waals surface area contributed by atoms with Crippen molar-refractivity contribution >= 4 is 23.8 Å². The molecule has 3 N–H and O–H groups in total. The molecule has 2 amide bonds. The molecular formula is C11H15N5O5. The molecule has 0 spiro atoms. The van der Waals surface area contributed by atoms with Gasteiger partial charge in [0.05, 0.1) is 13.0 Å². The van der Waals surface area contributed by atoms with Crippen LogP contribution in [0.3, 0.4) is 0 Å². The van der Waals surface area contributed by atoms with E-state index in [9.17, 15) is 14.4 Å². The van der Waals surface area contributed by atoms with Crippen molar-refractivity contribution in [1.82, 2.24) is 20.4 Å². The summed E-state index contributed by atoms with van der Waals surface area (Å²) in [4.78, 5) is 35.9. The fourth-order valence-corrected chi connectivity index (χ4v) is 2.03. The summed E-state index contributed by atoms with van der Waals surface area (Å²) in [5.74, 6) is -1.64. The Morgan fingerprint density at radius 3 is 2.90 bits per heavy atom. The first kappa shape index (κ1) is 14.9. The van der Waals surface area contributed by atoms with Gasteiger partial charge in [-0.2, -0.15) is 0 Å². The predicted octanol–water partition coefficient (Wildman–Crippen LogP) is -1.41. The highest BCUT2D eigenvalue weighted by molar-refractivity contribution is 5.92. The Hall–Kier alpha value is -2.49. The summed E-state index contributed by atoms with van der Waals surface area (Å²) in [6, 6.07) is -0.903. The minimum absolute atomic E-state index is 0.0336. The zero-order valence-corrected chi connectivity index (χ0v) is 11.3. The van der Waals surface area contributed by atoms with Crippen LogP contribution in [0.1, 0.15) is 12.3 Å². The second kappa shape index (κ2) is 6.31. The fourth-order valence-electron chi connectivity index (χ4n) is 2.03. The van der Waals surface area contributed by atoms with Crippen LogP contribution in [0, 0.1) is 6.92 Å². The van der Waals surface area contributed by atoms with Gasteiger partial charge in [0, 0.05) is 20.0 Å². The van der Waals surface area contributed by atoms with Crippen LogP contribution in [0.15, 0.2) is 4.42 Å². The molecule has 1 aliphatic rings. The third kappa shape index (κ3) is 3.99. The first-order chi connectivity index (χ1) is 9.95. The van der Waals surface area contributed by atoms with Crippen LogP contribution in [0.5, 0.6) is 0 Å². The molecule has 1 fully saturated rings. The first-order valence-corrected chi connectivity index (χ1v) is 6.29. The number of hydrogen-bond acceptors (Lipinski definition) is 7. The number of carbonyl (C=O) groups is 3. The van der Waals surface area contributed by atoms with E-state index in [0.29, 0.717) is 19.0 Å². The Labute approximate surface area is 119 Å². The second-order valence-corrected chi connectivity index (χ2v) is 4.55. The van der Waals surface area contributed by atoms with Crippen molar-refractivity contribution in [2.24, 2.45) is 0 Å². The molecule has 1 saturated heterocycles. The Morgan fingerprint density at radius 1 is 1.52 bits per heavy atom.